The van der Waals surface area contributed by atoms with Gasteiger partial charge in [0.2, 0.25) is 5.76 Å². The molecule has 1 aromatic heterocycles. The fourth-order valence-corrected chi connectivity index (χ4v) is 3.79. The van der Waals surface area contributed by atoms with Crippen LogP contribution in [0.4, 0.5) is 11.4 Å². The van der Waals surface area contributed by atoms with Crippen LogP contribution in [0.15, 0.2) is 53.1 Å². The Balaban J connectivity index is 1.48. The maximum atomic E-state index is 13.0. The van der Waals surface area contributed by atoms with Crippen LogP contribution in [0.2, 0.25) is 0 Å². The van der Waals surface area contributed by atoms with Gasteiger partial charge in [0.1, 0.15) is 5.69 Å². The van der Waals surface area contributed by atoms with Gasteiger partial charge in [0.25, 0.3) is 11.8 Å². The fourth-order valence-electron chi connectivity index (χ4n) is 3.79. The summed E-state index contributed by atoms with van der Waals surface area (Å²) in [6.07, 6.45) is 0. The molecule has 0 saturated carbocycles. The van der Waals surface area contributed by atoms with Crippen LogP contribution in [0.5, 0.6) is 0 Å². The van der Waals surface area contributed by atoms with Crippen molar-refractivity contribution in [3.05, 3.63) is 65.4 Å². The number of amides is 2. The predicted molar refractivity (Wildman–Crippen MR) is 136 cm³/mol. The first-order chi connectivity index (χ1) is 16.7. The van der Waals surface area contributed by atoms with Crippen molar-refractivity contribution in [1.82, 2.24) is 10.5 Å². The van der Waals surface area contributed by atoms with E-state index in [0.29, 0.717) is 36.7 Å². The van der Waals surface area contributed by atoms with Crippen LogP contribution in [0, 0.1) is 12.3 Å². The molecule has 1 aliphatic rings. The molecule has 2 amide bonds. The molecule has 0 unspecified atom stereocenters. The molecule has 8 heteroatoms. The third-order valence-electron chi connectivity index (χ3n) is 5.77. The molecule has 184 valence electrons. The minimum atomic E-state index is -0.305. The van der Waals surface area contributed by atoms with Crippen molar-refractivity contribution in [2.45, 2.75) is 27.7 Å². The van der Waals surface area contributed by atoms with Gasteiger partial charge in [0, 0.05) is 48.2 Å². The first kappa shape index (κ1) is 24.5. The maximum absolute atomic E-state index is 13.0. The molecule has 0 aliphatic carbocycles. The molecule has 2 heterocycles. The Kier molecular flexibility index (Phi) is 7.21. The number of rotatable bonds is 6. The highest BCUT2D eigenvalue weighted by molar-refractivity contribution is 6.05. The number of morpholine rings is 1. The standard InChI is InChI=1S/C27H32N4O4/c1-18-8-9-20(15-22(18)23-16-24(35-30-23)26(33)28-17-27(2,3)4)29-25(32)19-6-5-7-21(14-19)31-10-12-34-13-11-31/h5-9,14-16H,10-13,17H2,1-4H3,(H,28,33)(H,29,32). The summed E-state index contributed by atoms with van der Waals surface area (Å²) in [4.78, 5) is 27.6. The Morgan fingerprint density at radius 3 is 2.54 bits per heavy atom. The lowest BCUT2D eigenvalue weighted by atomic mass is 9.97. The van der Waals surface area contributed by atoms with Crippen LogP contribution >= 0.6 is 0 Å². The van der Waals surface area contributed by atoms with Crippen LogP contribution in [0.25, 0.3) is 11.3 Å². The normalized spacial score (nSPS) is 14.0. The average Bonchev–Trinajstić information content (AvgIpc) is 3.34. The fraction of sp³-hybridized carbons (Fsp3) is 0.370. The SMILES string of the molecule is Cc1ccc(NC(=O)c2cccc(N3CCOCC3)c2)cc1-c1cc(C(=O)NCC(C)(C)C)on1. The van der Waals surface area contributed by atoms with Crippen molar-refractivity contribution in [3.8, 4) is 11.3 Å². The lowest BCUT2D eigenvalue weighted by Crippen LogP contribution is -2.36. The zero-order chi connectivity index (χ0) is 25.0. The van der Waals surface area contributed by atoms with Gasteiger partial charge in [-0.05, 0) is 48.2 Å². The third-order valence-corrected chi connectivity index (χ3v) is 5.77. The summed E-state index contributed by atoms with van der Waals surface area (Å²) < 4.78 is 10.7. The number of nitrogens with zero attached hydrogens (tertiary/aromatic N) is 2. The molecule has 1 fully saturated rings. The van der Waals surface area contributed by atoms with Gasteiger partial charge in [-0.1, -0.05) is 38.1 Å². The number of anilines is 2. The van der Waals surface area contributed by atoms with E-state index in [4.69, 9.17) is 9.26 Å². The minimum absolute atomic E-state index is 0.0383. The molecule has 8 nitrogen and oxygen atoms in total. The summed E-state index contributed by atoms with van der Waals surface area (Å²) in [6.45, 7) is 11.6. The smallest absolute Gasteiger partial charge is 0.289 e. The topological polar surface area (TPSA) is 96.7 Å². The van der Waals surface area contributed by atoms with Gasteiger partial charge in [-0.3, -0.25) is 9.59 Å². The van der Waals surface area contributed by atoms with Crippen molar-refractivity contribution in [1.29, 1.82) is 0 Å². The van der Waals surface area contributed by atoms with Gasteiger partial charge in [-0.2, -0.15) is 0 Å². The molecule has 35 heavy (non-hydrogen) atoms. The van der Waals surface area contributed by atoms with Crippen molar-refractivity contribution in [2.24, 2.45) is 5.41 Å². The average molecular weight is 477 g/mol. The second kappa shape index (κ2) is 10.3. The van der Waals surface area contributed by atoms with Gasteiger partial charge >= 0.3 is 0 Å². The number of carbonyl (C=O) groups is 2. The molecule has 1 aliphatic heterocycles. The Hall–Kier alpha value is -3.65. The van der Waals surface area contributed by atoms with E-state index in [1.165, 1.54) is 0 Å². The second-order valence-electron chi connectivity index (χ2n) is 9.95. The third kappa shape index (κ3) is 6.27. The highest BCUT2D eigenvalue weighted by Crippen LogP contribution is 2.27. The van der Waals surface area contributed by atoms with Crippen LogP contribution in [0.3, 0.4) is 0 Å². The summed E-state index contributed by atoms with van der Waals surface area (Å²) in [5.41, 5.74) is 4.45. The first-order valence-electron chi connectivity index (χ1n) is 11.8. The van der Waals surface area contributed by atoms with Gasteiger partial charge in [-0.15, -0.1) is 0 Å². The van der Waals surface area contributed by atoms with Crippen LogP contribution < -0.4 is 15.5 Å². The molecule has 0 spiro atoms. The van der Waals surface area contributed by atoms with E-state index in [1.807, 2.05) is 64.1 Å². The predicted octanol–water partition coefficient (Wildman–Crippen LogP) is 4.51. The van der Waals surface area contributed by atoms with E-state index in [0.717, 1.165) is 29.9 Å². The first-order valence-corrected chi connectivity index (χ1v) is 11.8. The van der Waals surface area contributed by atoms with E-state index in [2.05, 4.69) is 20.7 Å². The number of aromatic nitrogens is 1. The number of hydrogen-bond acceptors (Lipinski definition) is 6. The van der Waals surface area contributed by atoms with Crippen molar-refractivity contribution < 1.29 is 18.8 Å². The summed E-state index contributed by atoms with van der Waals surface area (Å²) in [5.74, 6) is -0.351. The molecule has 3 aromatic rings. The minimum Gasteiger partial charge on any atom is -0.378 e. The van der Waals surface area contributed by atoms with Crippen molar-refractivity contribution in [2.75, 3.05) is 43.1 Å². The Labute approximate surface area is 205 Å². The van der Waals surface area contributed by atoms with E-state index in [9.17, 15) is 9.59 Å². The second-order valence-corrected chi connectivity index (χ2v) is 9.95. The number of hydrogen-bond donors (Lipinski definition) is 2. The Morgan fingerprint density at radius 1 is 1.03 bits per heavy atom. The van der Waals surface area contributed by atoms with Crippen molar-refractivity contribution in [3.63, 3.8) is 0 Å². The largest absolute Gasteiger partial charge is 0.378 e. The lowest BCUT2D eigenvalue weighted by Gasteiger charge is -2.29. The maximum Gasteiger partial charge on any atom is 0.289 e. The molecular formula is C27H32N4O4. The van der Waals surface area contributed by atoms with E-state index in [-0.39, 0.29) is 23.0 Å². The molecule has 0 bridgehead atoms. The molecule has 0 atom stereocenters. The van der Waals surface area contributed by atoms with Crippen molar-refractivity contribution >= 4 is 23.2 Å². The quantitative estimate of drug-likeness (QED) is 0.543. The zero-order valence-electron chi connectivity index (χ0n) is 20.7. The summed E-state index contributed by atoms with van der Waals surface area (Å²) in [7, 11) is 0. The molecule has 1 saturated heterocycles. The highest BCUT2D eigenvalue weighted by Gasteiger charge is 2.19. The molecule has 2 aromatic carbocycles. The van der Waals surface area contributed by atoms with Gasteiger partial charge in [0.15, 0.2) is 0 Å². The number of ether oxygens (including phenoxy) is 1. The van der Waals surface area contributed by atoms with E-state index in [1.54, 1.807) is 12.1 Å². The monoisotopic (exact) mass is 476 g/mol. The molecule has 0 radical (unpaired) electrons. The number of carbonyl (C=O) groups excluding carboxylic acids is 2. The Bertz CT molecular complexity index is 1210. The number of aryl methyl sites for hydroxylation is 1. The summed E-state index contributed by atoms with van der Waals surface area (Å²) in [6, 6.07) is 14.8. The molecule has 2 N–H and O–H groups in total. The van der Waals surface area contributed by atoms with E-state index < -0.39 is 0 Å². The highest BCUT2D eigenvalue weighted by atomic mass is 16.5. The van der Waals surface area contributed by atoms with Crippen LogP contribution in [0.1, 0.15) is 47.2 Å². The number of benzene rings is 2. The van der Waals surface area contributed by atoms with Gasteiger partial charge in [-0.25, -0.2) is 0 Å². The molecule has 4 rings (SSSR count). The molecular weight excluding hydrogens is 444 g/mol. The van der Waals surface area contributed by atoms with E-state index >= 15 is 0 Å². The lowest BCUT2D eigenvalue weighted by molar-refractivity contribution is 0.0902. The number of nitrogens with one attached hydrogen (secondary N) is 2. The zero-order valence-corrected chi connectivity index (χ0v) is 20.7. The summed E-state index contributed by atoms with van der Waals surface area (Å²) >= 11 is 0. The summed E-state index contributed by atoms with van der Waals surface area (Å²) in [5, 5.41) is 9.92. The van der Waals surface area contributed by atoms with Gasteiger partial charge in [0.05, 0.1) is 13.2 Å². The Morgan fingerprint density at radius 2 is 1.80 bits per heavy atom. The van der Waals surface area contributed by atoms with Crippen LogP contribution in [-0.2, 0) is 4.74 Å². The van der Waals surface area contributed by atoms with Gasteiger partial charge < -0.3 is 24.8 Å². The van der Waals surface area contributed by atoms with Crippen LogP contribution in [-0.4, -0.2) is 49.8 Å².